The monoisotopic (exact) mass is 348 g/mol. The average Bonchev–Trinajstić information content (AvgIpc) is 2.56. The van der Waals surface area contributed by atoms with E-state index in [-0.39, 0.29) is 24.2 Å². The summed E-state index contributed by atoms with van der Waals surface area (Å²) in [6.45, 7) is 4.18. The van der Waals surface area contributed by atoms with Crippen molar-refractivity contribution in [3.05, 3.63) is 53.6 Å². The first kappa shape index (κ1) is 19.8. The molecule has 0 saturated carbocycles. The second kappa shape index (κ2) is 9.18. The number of aryl methyl sites for hydroxylation is 1. The van der Waals surface area contributed by atoms with Crippen LogP contribution in [0.15, 0.2) is 42.5 Å². The first-order valence-corrected chi connectivity index (χ1v) is 7.85. The number of ether oxygens (including phenoxy) is 1. The Kier molecular flexibility index (Phi) is 7.59. The summed E-state index contributed by atoms with van der Waals surface area (Å²) in [5, 5.41) is 2.86. The second-order valence-electron chi connectivity index (χ2n) is 5.70. The van der Waals surface area contributed by atoms with Gasteiger partial charge in [0.15, 0.2) is 0 Å². The van der Waals surface area contributed by atoms with Gasteiger partial charge in [-0.25, -0.2) is 0 Å². The molecule has 1 amide bonds. The Bertz CT molecular complexity index is 672. The van der Waals surface area contributed by atoms with Crippen LogP contribution in [0.4, 0.5) is 11.4 Å². The van der Waals surface area contributed by atoms with Gasteiger partial charge in [0.25, 0.3) is 0 Å². The van der Waals surface area contributed by atoms with Crippen LogP contribution in [-0.2, 0) is 11.2 Å². The number of nitrogens with one attached hydrogen (secondary N) is 1. The Morgan fingerprint density at radius 2 is 1.88 bits per heavy atom. The molecule has 0 aliphatic heterocycles. The lowest BCUT2D eigenvalue weighted by Crippen LogP contribution is -2.15. The molecule has 0 spiro atoms. The van der Waals surface area contributed by atoms with Gasteiger partial charge in [0.05, 0.1) is 18.5 Å². The van der Waals surface area contributed by atoms with Gasteiger partial charge < -0.3 is 15.8 Å². The summed E-state index contributed by atoms with van der Waals surface area (Å²) in [6, 6.07) is 13.6. The van der Waals surface area contributed by atoms with Crippen molar-refractivity contribution in [2.24, 2.45) is 0 Å². The summed E-state index contributed by atoms with van der Waals surface area (Å²) in [5.74, 6) is 0.752. The highest BCUT2D eigenvalue weighted by Gasteiger charge is 2.13. The number of amides is 1. The lowest BCUT2D eigenvalue weighted by Gasteiger charge is -2.14. The van der Waals surface area contributed by atoms with Gasteiger partial charge in [-0.05, 0) is 35.6 Å². The number of halogens is 1. The van der Waals surface area contributed by atoms with E-state index in [4.69, 9.17) is 10.5 Å². The number of carbonyl (C=O) groups excluding carboxylic acids is 1. The molecule has 4 nitrogen and oxygen atoms in total. The molecule has 3 N–H and O–H groups in total. The van der Waals surface area contributed by atoms with Crippen molar-refractivity contribution in [3.63, 3.8) is 0 Å². The summed E-state index contributed by atoms with van der Waals surface area (Å²) in [6.07, 6.45) is 1.42. The third-order valence-electron chi connectivity index (χ3n) is 3.98. The lowest BCUT2D eigenvalue weighted by molar-refractivity contribution is -0.116. The number of hydrogen-bond donors (Lipinski definition) is 2. The molecule has 2 aromatic carbocycles. The maximum atomic E-state index is 12.3. The van der Waals surface area contributed by atoms with Gasteiger partial charge in [0.1, 0.15) is 5.75 Å². The van der Waals surface area contributed by atoms with E-state index in [0.29, 0.717) is 23.5 Å². The topological polar surface area (TPSA) is 64.3 Å². The van der Waals surface area contributed by atoms with Gasteiger partial charge >= 0.3 is 0 Å². The first-order valence-electron chi connectivity index (χ1n) is 7.85. The van der Waals surface area contributed by atoms with E-state index in [1.165, 1.54) is 5.56 Å². The molecular weight excluding hydrogens is 324 g/mol. The molecule has 2 rings (SSSR count). The van der Waals surface area contributed by atoms with Gasteiger partial charge in [0, 0.05) is 12.5 Å². The number of carbonyl (C=O) groups is 1. The average molecular weight is 349 g/mol. The van der Waals surface area contributed by atoms with Crippen LogP contribution in [0.1, 0.15) is 37.3 Å². The molecule has 0 aliphatic rings. The molecule has 5 heteroatoms. The van der Waals surface area contributed by atoms with Crippen molar-refractivity contribution in [3.8, 4) is 5.75 Å². The number of benzene rings is 2. The molecule has 1 unspecified atom stereocenters. The van der Waals surface area contributed by atoms with E-state index < -0.39 is 0 Å². The largest absolute Gasteiger partial charge is 0.497 e. The van der Waals surface area contributed by atoms with Crippen molar-refractivity contribution >= 4 is 29.7 Å². The number of anilines is 2. The summed E-state index contributed by atoms with van der Waals surface area (Å²) in [7, 11) is 1.58. The number of nitrogens with two attached hydrogens (primary N) is 1. The van der Waals surface area contributed by atoms with Gasteiger partial charge in [-0.2, -0.15) is 0 Å². The molecule has 0 aromatic heterocycles. The third kappa shape index (κ3) is 5.17. The standard InChI is InChI=1S/C19H24N2O2.ClH/c1-4-14-5-7-15(8-6-14)13(2)11-19(22)21-18-12-16(23-3)9-10-17(18)20;/h5-10,12-13H,4,11,20H2,1-3H3,(H,21,22);1H. The summed E-state index contributed by atoms with van der Waals surface area (Å²) in [5.41, 5.74) is 9.47. The van der Waals surface area contributed by atoms with Crippen LogP contribution in [0.5, 0.6) is 5.75 Å². The third-order valence-corrected chi connectivity index (χ3v) is 3.98. The molecule has 130 valence electrons. The van der Waals surface area contributed by atoms with Crippen LogP contribution < -0.4 is 15.8 Å². The molecule has 24 heavy (non-hydrogen) atoms. The molecule has 2 aromatic rings. The van der Waals surface area contributed by atoms with Gasteiger partial charge in [0.2, 0.25) is 5.91 Å². The van der Waals surface area contributed by atoms with E-state index in [9.17, 15) is 4.79 Å². The van der Waals surface area contributed by atoms with Crippen LogP contribution in [0, 0.1) is 0 Å². The summed E-state index contributed by atoms with van der Waals surface area (Å²) >= 11 is 0. The maximum absolute atomic E-state index is 12.3. The molecule has 0 heterocycles. The highest BCUT2D eigenvalue weighted by atomic mass is 35.5. The smallest absolute Gasteiger partial charge is 0.225 e. The predicted molar refractivity (Wildman–Crippen MR) is 102 cm³/mol. The van der Waals surface area contributed by atoms with E-state index in [1.807, 2.05) is 0 Å². The fraction of sp³-hybridized carbons (Fsp3) is 0.316. The van der Waals surface area contributed by atoms with E-state index in [1.54, 1.807) is 25.3 Å². The fourth-order valence-electron chi connectivity index (χ4n) is 2.45. The molecule has 0 fully saturated rings. The number of nitrogen functional groups attached to an aromatic ring is 1. The van der Waals surface area contributed by atoms with Crippen molar-refractivity contribution in [1.82, 2.24) is 0 Å². The SMILES string of the molecule is CCc1ccc(C(C)CC(=O)Nc2cc(OC)ccc2N)cc1.Cl. The number of rotatable bonds is 6. The van der Waals surface area contributed by atoms with E-state index >= 15 is 0 Å². The highest BCUT2D eigenvalue weighted by Crippen LogP contribution is 2.26. The summed E-state index contributed by atoms with van der Waals surface area (Å²) in [4.78, 5) is 12.3. The van der Waals surface area contributed by atoms with Crippen molar-refractivity contribution in [2.45, 2.75) is 32.6 Å². The van der Waals surface area contributed by atoms with Crippen LogP contribution >= 0.6 is 12.4 Å². The molecular formula is C19H25ClN2O2. The molecule has 0 aliphatic carbocycles. The van der Waals surface area contributed by atoms with E-state index in [2.05, 4.69) is 43.4 Å². The van der Waals surface area contributed by atoms with Crippen LogP contribution in [0.3, 0.4) is 0 Å². The van der Waals surface area contributed by atoms with Gasteiger partial charge in [-0.3, -0.25) is 4.79 Å². The highest BCUT2D eigenvalue weighted by molar-refractivity contribution is 5.94. The first-order chi connectivity index (χ1) is 11.0. The minimum absolute atomic E-state index is 0. The zero-order valence-electron chi connectivity index (χ0n) is 14.3. The number of hydrogen-bond acceptors (Lipinski definition) is 3. The van der Waals surface area contributed by atoms with Gasteiger partial charge in [-0.1, -0.05) is 38.1 Å². The van der Waals surface area contributed by atoms with E-state index in [0.717, 1.165) is 12.0 Å². The Labute approximate surface area is 149 Å². The molecule has 0 radical (unpaired) electrons. The van der Waals surface area contributed by atoms with Crippen LogP contribution in [0.25, 0.3) is 0 Å². The predicted octanol–water partition coefficient (Wildman–Crippen LogP) is 4.39. The van der Waals surface area contributed by atoms with Crippen LogP contribution in [0.2, 0.25) is 0 Å². The zero-order chi connectivity index (χ0) is 16.8. The maximum Gasteiger partial charge on any atom is 0.225 e. The molecule has 0 bridgehead atoms. The quantitative estimate of drug-likeness (QED) is 0.761. The van der Waals surface area contributed by atoms with Crippen molar-refractivity contribution in [2.75, 3.05) is 18.2 Å². The van der Waals surface area contributed by atoms with Crippen LogP contribution in [-0.4, -0.2) is 13.0 Å². The minimum Gasteiger partial charge on any atom is -0.497 e. The minimum atomic E-state index is -0.0583. The Morgan fingerprint density at radius 3 is 2.46 bits per heavy atom. The Hall–Kier alpha value is -2.20. The molecule has 0 saturated heterocycles. The lowest BCUT2D eigenvalue weighted by atomic mass is 9.96. The Morgan fingerprint density at radius 1 is 1.21 bits per heavy atom. The summed E-state index contributed by atoms with van der Waals surface area (Å²) < 4.78 is 5.16. The van der Waals surface area contributed by atoms with Crippen molar-refractivity contribution in [1.29, 1.82) is 0 Å². The normalized spacial score (nSPS) is 11.3. The second-order valence-corrected chi connectivity index (χ2v) is 5.70. The number of methoxy groups -OCH3 is 1. The Balaban J connectivity index is 0.00000288. The van der Waals surface area contributed by atoms with Gasteiger partial charge in [-0.15, -0.1) is 12.4 Å². The fourth-order valence-corrected chi connectivity index (χ4v) is 2.45. The zero-order valence-corrected chi connectivity index (χ0v) is 15.2. The van der Waals surface area contributed by atoms with Crippen molar-refractivity contribution < 1.29 is 9.53 Å². The molecule has 1 atom stereocenters.